The van der Waals surface area contributed by atoms with E-state index in [2.05, 4.69) is 39.0 Å². The fourth-order valence-corrected chi connectivity index (χ4v) is 3.44. The SMILES string of the molecule is COc1ccc(CN2CCN(CC3CC3)c3ncccc3C2)cc1. The summed E-state index contributed by atoms with van der Waals surface area (Å²) in [6, 6.07) is 12.7. The van der Waals surface area contributed by atoms with E-state index in [0.717, 1.165) is 37.8 Å². The van der Waals surface area contributed by atoms with Crippen LogP contribution in [-0.4, -0.2) is 36.6 Å². The van der Waals surface area contributed by atoms with Crippen molar-refractivity contribution in [2.24, 2.45) is 5.92 Å². The molecule has 1 saturated carbocycles. The highest BCUT2D eigenvalue weighted by Gasteiger charge is 2.28. The van der Waals surface area contributed by atoms with E-state index in [-0.39, 0.29) is 0 Å². The summed E-state index contributed by atoms with van der Waals surface area (Å²) in [6.45, 7) is 5.25. The van der Waals surface area contributed by atoms with E-state index in [1.54, 1.807) is 7.11 Å². The summed E-state index contributed by atoms with van der Waals surface area (Å²) in [5, 5.41) is 0. The maximum Gasteiger partial charge on any atom is 0.133 e. The van der Waals surface area contributed by atoms with Gasteiger partial charge in [-0.2, -0.15) is 0 Å². The summed E-state index contributed by atoms with van der Waals surface area (Å²) < 4.78 is 5.25. The molecule has 2 heterocycles. The normalized spacial score (nSPS) is 18.1. The lowest BCUT2D eigenvalue weighted by atomic mass is 10.2. The Balaban J connectivity index is 1.49. The summed E-state index contributed by atoms with van der Waals surface area (Å²) in [5.74, 6) is 2.99. The van der Waals surface area contributed by atoms with Gasteiger partial charge in [-0.25, -0.2) is 4.98 Å². The van der Waals surface area contributed by atoms with Gasteiger partial charge in [0.2, 0.25) is 0 Å². The first kappa shape index (κ1) is 15.5. The van der Waals surface area contributed by atoms with Crippen LogP contribution in [-0.2, 0) is 13.1 Å². The van der Waals surface area contributed by atoms with Gasteiger partial charge in [0, 0.05) is 44.5 Å². The van der Waals surface area contributed by atoms with E-state index in [1.807, 2.05) is 18.3 Å². The lowest BCUT2D eigenvalue weighted by Gasteiger charge is -2.23. The number of hydrogen-bond donors (Lipinski definition) is 0. The van der Waals surface area contributed by atoms with Crippen molar-refractivity contribution >= 4 is 5.82 Å². The van der Waals surface area contributed by atoms with Crippen LogP contribution >= 0.6 is 0 Å². The largest absolute Gasteiger partial charge is 0.497 e. The molecule has 0 N–H and O–H groups in total. The summed E-state index contributed by atoms with van der Waals surface area (Å²) in [7, 11) is 1.71. The number of methoxy groups -OCH3 is 1. The molecular formula is C20H25N3O. The van der Waals surface area contributed by atoms with Crippen LogP contribution < -0.4 is 9.64 Å². The predicted octanol–water partition coefficient (Wildman–Crippen LogP) is 3.32. The second-order valence-corrected chi connectivity index (χ2v) is 6.93. The maximum atomic E-state index is 5.25. The molecule has 4 nitrogen and oxygen atoms in total. The quantitative estimate of drug-likeness (QED) is 0.844. The average Bonchev–Trinajstić information content (AvgIpc) is 3.44. The summed E-state index contributed by atoms with van der Waals surface area (Å²) in [4.78, 5) is 9.71. The summed E-state index contributed by atoms with van der Waals surface area (Å²) in [5.41, 5.74) is 2.68. The molecule has 0 unspecified atom stereocenters. The van der Waals surface area contributed by atoms with E-state index in [4.69, 9.17) is 4.74 Å². The number of nitrogens with zero attached hydrogens (tertiary/aromatic N) is 3. The molecular weight excluding hydrogens is 298 g/mol. The number of ether oxygens (including phenoxy) is 1. The van der Waals surface area contributed by atoms with E-state index >= 15 is 0 Å². The Kier molecular flexibility index (Phi) is 4.39. The number of benzene rings is 1. The minimum Gasteiger partial charge on any atom is -0.497 e. The van der Waals surface area contributed by atoms with E-state index in [0.29, 0.717) is 0 Å². The van der Waals surface area contributed by atoms with Crippen molar-refractivity contribution in [3.63, 3.8) is 0 Å². The first-order valence-corrected chi connectivity index (χ1v) is 8.86. The van der Waals surface area contributed by atoms with E-state index in [9.17, 15) is 0 Å². The van der Waals surface area contributed by atoms with E-state index in [1.165, 1.54) is 36.3 Å². The van der Waals surface area contributed by atoms with Gasteiger partial charge in [-0.15, -0.1) is 0 Å². The molecule has 2 aromatic rings. The Bertz CT molecular complexity index is 682. The number of rotatable bonds is 5. The molecule has 1 aromatic carbocycles. The molecule has 0 saturated heterocycles. The first-order chi connectivity index (χ1) is 11.8. The molecule has 126 valence electrons. The van der Waals surface area contributed by atoms with Crippen LogP contribution in [0, 0.1) is 5.92 Å². The van der Waals surface area contributed by atoms with Gasteiger partial charge >= 0.3 is 0 Å². The Morgan fingerprint density at radius 1 is 1.12 bits per heavy atom. The van der Waals surface area contributed by atoms with Crippen molar-refractivity contribution in [1.29, 1.82) is 0 Å². The molecule has 1 aliphatic carbocycles. The Morgan fingerprint density at radius 3 is 2.71 bits per heavy atom. The van der Waals surface area contributed by atoms with Crippen molar-refractivity contribution < 1.29 is 4.74 Å². The smallest absolute Gasteiger partial charge is 0.133 e. The van der Waals surface area contributed by atoms with Gasteiger partial charge in [-0.3, -0.25) is 4.90 Å². The van der Waals surface area contributed by atoms with Gasteiger partial charge in [0.1, 0.15) is 11.6 Å². The molecule has 0 bridgehead atoms. The van der Waals surface area contributed by atoms with Gasteiger partial charge in [0.05, 0.1) is 7.11 Å². The second kappa shape index (κ2) is 6.81. The fraction of sp³-hybridized carbons (Fsp3) is 0.450. The van der Waals surface area contributed by atoms with Gasteiger partial charge in [-0.1, -0.05) is 18.2 Å². The Hall–Kier alpha value is -2.07. The minimum atomic E-state index is 0.882. The zero-order valence-corrected chi connectivity index (χ0v) is 14.3. The second-order valence-electron chi connectivity index (χ2n) is 6.93. The van der Waals surface area contributed by atoms with Gasteiger partial charge in [0.25, 0.3) is 0 Å². The summed E-state index contributed by atoms with van der Waals surface area (Å²) >= 11 is 0. The summed E-state index contributed by atoms with van der Waals surface area (Å²) in [6.07, 6.45) is 4.69. The third-order valence-electron chi connectivity index (χ3n) is 4.99. The molecule has 0 atom stereocenters. The fourth-order valence-electron chi connectivity index (χ4n) is 3.44. The molecule has 0 spiro atoms. The van der Waals surface area contributed by atoms with Crippen LogP contribution in [0.5, 0.6) is 5.75 Å². The van der Waals surface area contributed by atoms with Crippen LogP contribution in [0.25, 0.3) is 0 Å². The average molecular weight is 323 g/mol. The highest BCUT2D eigenvalue weighted by Crippen LogP contribution is 2.33. The molecule has 1 fully saturated rings. The molecule has 0 amide bonds. The number of pyridine rings is 1. The molecule has 4 rings (SSSR count). The van der Waals surface area contributed by atoms with Crippen molar-refractivity contribution in [3.8, 4) is 5.75 Å². The zero-order valence-electron chi connectivity index (χ0n) is 14.3. The topological polar surface area (TPSA) is 28.6 Å². The minimum absolute atomic E-state index is 0.882. The van der Waals surface area contributed by atoms with Crippen LogP contribution in [0.15, 0.2) is 42.6 Å². The standard InChI is InChI=1S/C20H25N3O/c1-24-19-8-6-16(7-9-19)13-22-11-12-23(14-17-4-5-17)20-18(15-22)3-2-10-21-20/h2-3,6-10,17H,4-5,11-15H2,1H3. The first-order valence-electron chi connectivity index (χ1n) is 8.86. The van der Waals surface area contributed by atoms with Crippen LogP contribution in [0.1, 0.15) is 24.0 Å². The van der Waals surface area contributed by atoms with Gasteiger partial charge in [-0.05, 0) is 42.5 Å². The van der Waals surface area contributed by atoms with Crippen LogP contribution in [0.3, 0.4) is 0 Å². The Morgan fingerprint density at radius 2 is 1.96 bits per heavy atom. The highest BCUT2D eigenvalue weighted by atomic mass is 16.5. The lowest BCUT2D eigenvalue weighted by Crippen LogP contribution is -2.32. The number of fused-ring (bicyclic) bond motifs is 1. The van der Waals surface area contributed by atoms with E-state index < -0.39 is 0 Å². The van der Waals surface area contributed by atoms with Crippen LogP contribution in [0.2, 0.25) is 0 Å². The Labute approximate surface area is 144 Å². The van der Waals surface area contributed by atoms with Crippen LogP contribution in [0.4, 0.5) is 5.82 Å². The van der Waals surface area contributed by atoms with Gasteiger partial charge < -0.3 is 9.64 Å². The zero-order chi connectivity index (χ0) is 16.4. The number of anilines is 1. The lowest BCUT2D eigenvalue weighted by molar-refractivity contribution is 0.268. The van der Waals surface area contributed by atoms with Gasteiger partial charge in [0.15, 0.2) is 0 Å². The molecule has 2 aliphatic rings. The van der Waals surface area contributed by atoms with Crippen molar-refractivity contribution in [2.75, 3.05) is 31.6 Å². The maximum absolute atomic E-state index is 5.25. The molecule has 1 aliphatic heterocycles. The predicted molar refractivity (Wildman–Crippen MR) is 96.3 cm³/mol. The molecule has 0 radical (unpaired) electrons. The number of aromatic nitrogens is 1. The third kappa shape index (κ3) is 3.54. The van der Waals surface area contributed by atoms with Crippen molar-refractivity contribution in [1.82, 2.24) is 9.88 Å². The molecule has 1 aromatic heterocycles. The molecule has 24 heavy (non-hydrogen) atoms. The number of hydrogen-bond acceptors (Lipinski definition) is 4. The monoisotopic (exact) mass is 323 g/mol. The highest BCUT2D eigenvalue weighted by molar-refractivity contribution is 5.48. The third-order valence-corrected chi connectivity index (χ3v) is 4.99. The molecule has 4 heteroatoms. The van der Waals surface area contributed by atoms with Crippen molar-refractivity contribution in [2.45, 2.75) is 25.9 Å². The van der Waals surface area contributed by atoms with Crippen molar-refractivity contribution in [3.05, 3.63) is 53.7 Å².